The molecule has 3 rings (SSSR count). The lowest BCUT2D eigenvalue weighted by atomic mass is 9.80. The number of hydrogen-bond donors (Lipinski definition) is 2. The summed E-state index contributed by atoms with van der Waals surface area (Å²) in [6.07, 6.45) is 14.1. The molecule has 1 aromatic heterocycles. The third kappa shape index (κ3) is 6.62. The lowest BCUT2D eigenvalue weighted by Gasteiger charge is -2.38. The molecule has 0 spiro atoms. The smallest absolute Gasteiger partial charge is 0.126 e. The molecule has 1 aliphatic rings. The fourth-order valence-electron chi connectivity index (χ4n) is 3.87. The van der Waals surface area contributed by atoms with Gasteiger partial charge < -0.3 is 10.4 Å². The Morgan fingerprint density at radius 2 is 1.76 bits per heavy atom. The maximum absolute atomic E-state index is 13.3. The first kappa shape index (κ1) is 24.0. The lowest BCUT2D eigenvalue weighted by Crippen LogP contribution is -2.46. The van der Waals surface area contributed by atoms with Gasteiger partial charge in [-0.05, 0) is 72.3 Å². The van der Waals surface area contributed by atoms with Crippen molar-refractivity contribution in [3.8, 4) is 12.8 Å². The minimum absolute atomic E-state index is 0.0777. The summed E-state index contributed by atoms with van der Waals surface area (Å²) in [6, 6.07) is 5.74. The summed E-state index contributed by atoms with van der Waals surface area (Å²) in [6.45, 7) is 2.59. The zero-order valence-electron chi connectivity index (χ0n) is 16.7. The molecule has 1 fully saturated rings. The minimum atomic E-state index is -0.572. The second-order valence-electron chi connectivity index (χ2n) is 7.51. The van der Waals surface area contributed by atoms with Gasteiger partial charge in [-0.1, -0.05) is 19.3 Å². The van der Waals surface area contributed by atoms with Gasteiger partial charge in [0, 0.05) is 26.8 Å². The molecule has 1 aliphatic carbocycles. The maximum atomic E-state index is 13.3. The lowest BCUT2D eigenvalue weighted by molar-refractivity contribution is 0.133. The topological polar surface area (TPSA) is 32.3 Å². The Balaban J connectivity index is 0.00000145. The Hall–Kier alpha value is -1.26. The van der Waals surface area contributed by atoms with Crippen molar-refractivity contribution in [3.63, 3.8) is 0 Å². The van der Waals surface area contributed by atoms with Gasteiger partial charge in [-0.3, -0.25) is 0 Å². The Kier molecular flexibility index (Phi) is 9.29. The quantitative estimate of drug-likeness (QED) is 0.467. The van der Waals surface area contributed by atoms with Gasteiger partial charge in [0.1, 0.15) is 11.6 Å². The van der Waals surface area contributed by atoms with Gasteiger partial charge in [0.05, 0.1) is 11.6 Å². The fourth-order valence-corrected chi connectivity index (χ4v) is 5.62. The summed E-state index contributed by atoms with van der Waals surface area (Å²) in [4.78, 5) is 2.59. The first-order valence-corrected chi connectivity index (χ1v) is 11.5. The van der Waals surface area contributed by atoms with Crippen molar-refractivity contribution in [2.24, 2.45) is 0 Å². The fraction of sp³-hybridized carbons (Fsp3) is 0.478. The SMILES string of the molecule is C#C.Cc1sc(C2(NCC(O)CCc3cc(F)cc(F)c3)CCCCC2)cc1Br. The summed E-state index contributed by atoms with van der Waals surface area (Å²) in [7, 11) is 0. The van der Waals surface area contributed by atoms with Crippen LogP contribution in [-0.4, -0.2) is 17.8 Å². The number of aliphatic hydroxyl groups excluding tert-OH is 1. The van der Waals surface area contributed by atoms with Crippen LogP contribution in [0.5, 0.6) is 0 Å². The van der Waals surface area contributed by atoms with Crippen molar-refractivity contribution in [1.29, 1.82) is 0 Å². The Bertz CT molecular complexity index is 775. The second-order valence-corrected chi connectivity index (χ2v) is 9.62. The summed E-state index contributed by atoms with van der Waals surface area (Å²) in [5, 5.41) is 14.1. The van der Waals surface area contributed by atoms with Crippen LogP contribution in [0.4, 0.5) is 8.78 Å². The molecule has 2 N–H and O–H groups in total. The summed E-state index contributed by atoms with van der Waals surface area (Å²) < 4.78 is 27.7. The number of hydrogen-bond acceptors (Lipinski definition) is 3. The van der Waals surface area contributed by atoms with Crippen LogP contribution >= 0.6 is 27.3 Å². The van der Waals surface area contributed by atoms with Crippen LogP contribution < -0.4 is 5.32 Å². The second kappa shape index (κ2) is 11.2. The van der Waals surface area contributed by atoms with Crippen LogP contribution in [0.2, 0.25) is 0 Å². The number of aryl methyl sites for hydroxylation is 2. The van der Waals surface area contributed by atoms with Crippen LogP contribution in [0.3, 0.4) is 0 Å². The van der Waals surface area contributed by atoms with Crippen molar-refractivity contribution in [2.75, 3.05) is 6.54 Å². The van der Waals surface area contributed by atoms with Crippen molar-refractivity contribution >= 4 is 27.3 Å². The van der Waals surface area contributed by atoms with Crippen molar-refractivity contribution < 1.29 is 13.9 Å². The highest BCUT2D eigenvalue weighted by molar-refractivity contribution is 9.10. The summed E-state index contributed by atoms with van der Waals surface area (Å²) in [5.74, 6) is -1.14. The largest absolute Gasteiger partial charge is 0.392 e. The van der Waals surface area contributed by atoms with E-state index < -0.39 is 17.7 Å². The summed E-state index contributed by atoms with van der Waals surface area (Å²) in [5.41, 5.74) is 0.503. The molecule has 2 aromatic rings. The molecular weight excluding hydrogens is 456 g/mol. The van der Waals surface area contributed by atoms with Crippen molar-refractivity contribution in [3.05, 3.63) is 55.7 Å². The third-order valence-corrected chi connectivity index (χ3v) is 7.74. The van der Waals surface area contributed by atoms with Crippen molar-refractivity contribution in [1.82, 2.24) is 5.32 Å². The van der Waals surface area contributed by atoms with E-state index in [1.807, 2.05) is 11.3 Å². The molecule has 2 nitrogen and oxygen atoms in total. The van der Waals surface area contributed by atoms with Gasteiger partial charge >= 0.3 is 0 Å². The van der Waals surface area contributed by atoms with Gasteiger partial charge in [-0.15, -0.1) is 24.2 Å². The van der Waals surface area contributed by atoms with E-state index in [1.54, 1.807) is 0 Å². The predicted molar refractivity (Wildman–Crippen MR) is 120 cm³/mol. The van der Waals surface area contributed by atoms with Crippen molar-refractivity contribution in [2.45, 2.75) is 63.5 Å². The molecule has 0 aliphatic heterocycles. The van der Waals surface area contributed by atoms with Gasteiger partial charge in [-0.2, -0.15) is 0 Å². The number of aliphatic hydroxyl groups is 1. The van der Waals surface area contributed by atoms with Gasteiger partial charge in [0.25, 0.3) is 0 Å². The minimum Gasteiger partial charge on any atom is -0.392 e. The van der Waals surface area contributed by atoms with Crippen LogP contribution in [-0.2, 0) is 12.0 Å². The molecule has 0 saturated heterocycles. The average molecular weight is 484 g/mol. The predicted octanol–water partition coefficient (Wildman–Crippen LogP) is 6.09. The molecule has 1 atom stereocenters. The third-order valence-electron chi connectivity index (χ3n) is 5.40. The van der Waals surface area contributed by atoms with E-state index in [0.717, 1.165) is 23.4 Å². The highest BCUT2D eigenvalue weighted by Crippen LogP contribution is 2.42. The number of terminal acetylenes is 1. The van der Waals surface area contributed by atoms with Crippen LogP contribution in [0, 0.1) is 31.4 Å². The van der Waals surface area contributed by atoms with E-state index in [9.17, 15) is 13.9 Å². The van der Waals surface area contributed by atoms with Crippen LogP contribution in [0.1, 0.15) is 53.8 Å². The monoisotopic (exact) mass is 483 g/mol. The molecule has 158 valence electrons. The van der Waals surface area contributed by atoms with E-state index in [0.29, 0.717) is 24.9 Å². The van der Waals surface area contributed by atoms with E-state index >= 15 is 0 Å². The molecule has 29 heavy (non-hydrogen) atoms. The molecule has 1 heterocycles. The Morgan fingerprint density at radius 1 is 1.14 bits per heavy atom. The first-order chi connectivity index (χ1) is 13.9. The number of rotatable bonds is 7. The molecule has 1 aromatic carbocycles. The van der Waals surface area contributed by atoms with E-state index in [-0.39, 0.29) is 5.54 Å². The number of nitrogens with one attached hydrogen (secondary N) is 1. The zero-order chi connectivity index (χ0) is 21.4. The molecule has 0 radical (unpaired) electrons. The van der Waals surface area contributed by atoms with Gasteiger partial charge in [0.2, 0.25) is 0 Å². The molecule has 6 heteroatoms. The molecule has 1 saturated carbocycles. The maximum Gasteiger partial charge on any atom is 0.126 e. The van der Waals surface area contributed by atoms with Crippen LogP contribution in [0.25, 0.3) is 0 Å². The van der Waals surface area contributed by atoms with E-state index in [4.69, 9.17) is 0 Å². The van der Waals surface area contributed by atoms with E-state index in [1.165, 1.54) is 41.1 Å². The number of halogens is 3. The Labute approximate surface area is 184 Å². The number of benzene rings is 1. The zero-order valence-corrected chi connectivity index (χ0v) is 19.1. The first-order valence-electron chi connectivity index (χ1n) is 9.86. The molecule has 0 amide bonds. The number of thiophene rings is 1. The van der Waals surface area contributed by atoms with Gasteiger partial charge in [0.15, 0.2) is 0 Å². The summed E-state index contributed by atoms with van der Waals surface area (Å²) >= 11 is 5.43. The van der Waals surface area contributed by atoms with E-state index in [2.05, 4.69) is 47.1 Å². The average Bonchev–Trinajstić information content (AvgIpc) is 3.05. The highest BCUT2D eigenvalue weighted by Gasteiger charge is 2.35. The highest BCUT2D eigenvalue weighted by atomic mass is 79.9. The molecular formula is C23H28BrF2NOS. The normalized spacial score (nSPS) is 16.7. The molecule has 0 bridgehead atoms. The van der Waals surface area contributed by atoms with Crippen LogP contribution in [0.15, 0.2) is 28.7 Å². The Morgan fingerprint density at radius 3 is 2.31 bits per heavy atom. The standard InChI is InChI=1S/C21H26BrF2NOS.C2H2/c1-14-19(22)12-20(27-14)21(7-3-2-4-8-21)25-13-18(26)6-5-15-9-16(23)11-17(24)10-15;1-2/h9-12,18,25-26H,2-8,13H2,1H3;1-2H. The molecule has 1 unspecified atom stereocenters. The van der Waals surface area contributed by atoms with Gasteiger partial charge in [-0.25, -0.2) is 8.78 Å².